The van der Waals surface area contributed by atoms with Gasteiger partial charge < -0.3 is 24.4 Å². The lowest BCUT2D eigenvalue weighted by Crippen LogP contribution is -2.39. The van der Waals surface area contributed by atoms with E-state index in [1.807, 2.05) is 20.8 Å². The van der Waals surface area contributed by atoms with Gasteiger partial charge in [0.2, 0.25) is 0 Å². The molecule has 0 unspecified atom stereocenters. The van der Waals surface area contributed by atoms with Crippen molar-refractivity contribution in [3.05, 3.63) is 0 Å². The van der Waals surface area contributed by atoms with Crippen molar-refractivity contribution in [1.29, 1.82) is 0 Å². The number of amides is 2. The van der Waals surface area contributed by atoms with E-state index in [4.69, 9.17) is 14.2 Å². The lowest BCUT2D eigenvalue weighted by atomic mass is 10.2. The summed E-state index contributed by atoms with van der Waals surface area (Å²) in [5, 5.41) is 2.69. The largest absolute Gasteiger partial charge is 0.466 e. The molecule has 8 heteroatoms. The summed E-state index contributed by atoms with van der Waals surface area (Å²) in [5.41, 5.74) is -1.12. The number of carbonyl (C=O) groups excluding carboxylic acids is 3. The molecule has 0 bridgehead atoms. The summed E-state index contributed by atoms with van der Waals surface area (Å²) in [7, 11) is 0. The van der Waals surface area contributed by atoms with Crippen molar-refractivity contribution in [1.82, 2.24) is 10.2 Å². The number of carbonyl (C=O) groups is 3. The predicted octanol–water partition coefficient (Wildman–Crippen LogP) is 4.26. The zero-order valence-electron chi connectivity index (χ0n) is 19.3. The number of ether oxygens (including phenoxy) is 3. The first-order valence-corrected chi connectivity index (χ1v) is 10.4. The molecule has 0 aromatic heterocycles. The van der Waals surface area contributed by atoms with Crippen molar-refractivity contribution >= 4 is 18.2 Å². The molecule has 0 aliphatic rings. The SMILES string of the molecule is CCOC(=O)CCCCCN(CCCNC(=O)OC(C)(C)C)C(=O)OC(C)(C)C. The molecule has 29 heavy (non-hydrogen) atoms. The van der Waals surface area contributed by atoms with Crippen molar-refractivity contribution in [3.8, 4) is 0 Å². The first-order chi connectivity index (χ1) is 13.3. The quantitative estimate of drug-likeness (QED) is 0.307. The molecule has 0 aliphatic carbocycles. The van der Waals surface area contributed by atoms with Crippen LogP contribution >= 0.6 is 0 Å². The number of alkyl carbamates (subject to hydrolysis) is 1. The highest BCUT2D eigenvalue weighted by atomic mass is 16.6. The molecule has 8 nitrogen and oxygen atoms in total. The van der Waals surface area contributed by atoms with Crippen LogP contribution in [0.4, 0.5) is 9.59 Å². The summed E-state index contributed by atoms with van der Waals surface area (Å²) < 4.78 is 15.6. The van der Waals surface area contributed by atoms with Gasteiger partial charge in [0.1, 0.15) is 11.2 Å². The van der Waals surface area contributed by atoms with Crippen LogP contribution in [-0.2, 0) is 19.0 Å². The van der Waals surface area contributed by atoms with Crippen LogP contribution in [0.15, 0.2) is 0 Å². The molecule has 0 saturated heterocycles. The van der Waals surface area contributed by atoms with Gasteiger partial charge in [0.25, 0.3) is 0 Å². The minimum Gasteiger partial charge on any atom is -0.466 e. The van der Waals surface area contributed by atoms with Crippen LogP contribution in [0.1, 0.15) is 80.6 Å². The number of nitrogens with zero attached hydrogens (tertiary/aromatic N) is 1. The minimum absolute atomic E-state index is 0.190. The van der Waals surface area contributed by atoms with E-state index >= 15 is 0 Å². The number of nitrogens with one attached hydrogen (secondary N) is 1. The second kappa shape index (κ2) is 13.3. The molecule has 0 saturated carbocycles. The second-order valence-electron chi connectivity index (χ2n) is 8.87. The fraction of sp³-hybridized carbons (Fsp3) is 0.857. The highest BCUT2D eigenvalue weighted by Crippen LogP contribution is 2.12. The Kier molecular flexibility index (Phi) is 12.4. The summed E-state index contributed by atoms with van der Waals surface area (Å²) in [4.78, 5) is 37.2. The van der Waals surface area contributed by atoms with Gasteiger partial charge in [-0.15, -0.1) is 0 Å². The molecule has 0 rings (SSSR count). The molecule has 0 aliphatic heterocycles. The lowest BCUT2D eigenvalue weighted by Gasteiger charge is -2.27. The van der Waals surface area contributed by atoms with E-state index in [2.05, 4.69) is 5.32 Å². The van der Waals surface area contributed by atoms with Crippen LogP contribution in [0.2, 0.25) is 0 Å². The van der Waals surface area contributed by atoms with E-state index in [-0.39, 0.29) is 12.1 Å². The summed E-state index contributed by atoms with van der Waals surface area (Å²) in [6.45, 7) is 14.5. The fourth-order valence-corrected chi connectivity index (χ4v) is 2.38. The van der Waals surface area contributed by atoms with Crippen LogP contribution in [0, 0.1) is 0 Å². The Labute approximate surface area is 175 Å². The smallest absolute Gasteiger partial charge is 0.410 e. The van der Waals surface area contributed by atoms with Crippen molar-refractivity contribution in [3.63, 3.8) is 0 Å². The van der Waals surface area contributed by atoms with Crippen LogP contribution < -0.4 is 5.32 Å². The van der Waals surface area contributed by atoms with Gasteiger partial charge in [-0.3, -0.25) is 4.79 Å². The van der Waals surface area contributed by atoms with Gasteiger partial charge in [0.05, 0.1) is 6.61 Å². The van der Waals surface area contributed by atoms with Gasteiger partial charge in [-0.05, 0) is 67.7 Å². The highest BCUT2D eigenvalue weighted by Gasteiger charge is 2.22. The third kappa shape index (κ3) is 16.6. The van der Waals surface area contributed by atoms with E-state index in [0.717, 1.165) is 19.3 Å². The molecular formula is C21H40N2O6. The molecule has 0 fully saturated rings. The Morgan fingerprint density at radius 1 is 0.828 bits per heavy atom. The third-order valence-electron chi connectivity index (χ3n) is 3.54. The van der Waals surface area contributed by atoms with Crippen molar-refractivity contribution < 1.29 is 28.6 Å². The highest BCUT2D eigenvalue weighted by molar-refractivity contribution is 5.69. The molecule has 0 heterocycles. The maximum Gasteiger partial charge on any atom is 0.410 e. The monoisotopic (exact) mass is 416 g/mol. The minimum atomic E-state index is -0.575. The number of hydrogen-bond donors (Lipinski definition) is 1. The Morgan fingerprint density at radius 2 is 1.41 bits per heavy atom. The van der Waals surface area contributed by atoms with Crippen LogP contribution in [0.5, 0.6) is 0 Å². The number of hydrogen-bond acceptors (Lipinski definition) is 6. The average molecular weight is 417 g/mol. The Morgan fingerprint density at radius 3 is 1.97 bits per heavy atom. The Balaban J connectivity index is 4.39. The summed E-state index contributed by atoms with van der Waals surface area (Å²) >= 11 is 0. The first kappa shape index (κ1) is 27.0. The number of rotatable bonds is 11. The fourth-order valence-electron chi connectivity index (χ4n) is 2.38. The van der Waals surface area contributed by atoms with Gasteiger partial charge in [-0.25, -0.2) is 9.59 Å². The molecule has 0 atom stereocenters. The molecule has 0 aromatic carbocycles. The van der Waals surface area contributed by atoms with E-state index in [1.165, 1.54) is 0 Å². The van der Waals surface area contributed by atoms with Crippen molar-refractivity contribution in [2.75, 3.05) is 26.2 Å². The molecule has 0 radical (unpaired) electrons. The standard InChI is InChI=1S/C21H40N2O6/c1-8-27-17(24)13-10-9-11-15-23(19(26)29-21(5,6)7)16-12-14-22-18(25)28-20(2,3)4/h8-16H2,1-7H3,(H,22,25). The average Bonchev–Trinajstić information content (AvgIpc) is 2.53. The van der Waals surface area contributed by atoms with Crippen molar-refractivity contribution in [2.45, 2.75) is 91.8 Å². The van der Waals surface area contributed by atoms with Crippen LogP contribution in [-0.4, -0.2) is 60.5 Å². The van der Waals surface area contributed by atoms with E-state index < -0.39 is 17.3 Å². The molecule has 2 amide bonds. The summed E-state index contributed by atoms with van der Waals surface area (Å²) in [6.07, 6.45) is 2.43. The molecule has 0 spiro atoms. The molecule has 0 aromatic rings. The van der Waals surface area contributed by atoms with Crippen LogP contribution in [0.25, 0.3) is 0 Å². The van der Waals surface area contributed by atoms with E-state index in [9.17, 15) is 14.4 Å². The van der Waals surface area contributed by atoms with Crippen molar-refractivity contribution in [2.24, 2.45) is 0 Å². The number of unbranched alkanes of at least 4 members (excludes halogenated alkanes) is 2. The van der Waals surface area contributed by atoms with Gasteiger partial charge >= 0.3 is 18.2 Å². The lowest BCUT2D eigenvalue weighted by molar-refractivity contribution is -0.143. The van der Waals surface area contributed by atoms with Crippen LogP contribution in [0.3, 0.4) is 0 Å². The van der Waals surface area contributed by atoms with Gasteiger partial charge in [0.15, 0.2) is 0 Å². The maximum absolute atomic E-state index is 12.4. The van der Waals surface area contributed by atoms with Gasteiger partial charge in [-0.1, -0.05) is 6.42 Å². The zero-order valence-corrected chi connectivity index (χ0v) is 19.3. The second-order valence-corrected chi connectivity index (χ2v) is 8.87. The predicted molar refractivity (Wildman–Crippen MR) is 112 cm³/mol. The third-order valence-corrected chi connectivity index (χ3v) is 3.54. The summed E-state index contributed by atoms with van der Waals surface area (Å²) in [6, 6.07) is 0. The van der Waals surface area contributed by atoms with Gasteiger partial charge in [0, 0.05) is 26.1 Å². The molecular weight excluding hydrogens is 376 g/mol. The van der Waals surface area contributed by atoms with E-state index in [1.54, 1.807) is 32.6 Å². The maximum atomic E-state index is 12.4. The zero-order chi connectivity index (χ0) is 22.5. The van der Waals surface area contributed by atoms with Gasteiger partial charge in [-0.2, -0.15) is 0 Å². The summed E-state index contributed by atoms with van der Waals surface area (Å²) in [5.74, 6) is -0.190. The topological polar surface area (TPSA) is 94.2 Å². The molecule has 1 N–H and O–H groups in total. The Hall–Kier alpha value is -1.99. The van der Waals surface area contributed by atoms with E-state index in [0.29, 0.717) is 39.1 Å². The first-order valence-electron chi connectivity index (χ1n) is 10.4. The Bertz CT molecular complexity index is 508. The number of esters is 1. The normalized spacial score (nSPS) is 11.6. The molecule has 170 valence electrons.